The first-order valence-corrected chi connectivity index (χ1v) is 5.52. The molecule has 10 heteroatoms. The van der Waals surface area contributed by atoms with Gasteiger partial charge in [-0.3, -0.25) is 5.43 Å². The van der Waals surface area contributed by atoms with Crippen LogP contribution in [0.25, 0.3) is 0 Å². The minimum Gasteiger partial charge on any atom is -0.347 e. The number of hydrogen-bond acceptors (Lipinski definition) is 7. The second-order valence-corrected chi connectivity index (χ2v) is 4.53. The third-order valence-corrected chi connectivity index (χ3v) is 2.80. The van der Waals surface area contributed by atoms with Crippen molar-refractivity contribution in [3.63, 3.8) is 0 Å². The highest BCUT2D eigenvalue weighted by Crippen LogP contribution is 2.50. The fourth-order valence-electron chi connectivity index (χ4n) is 1.50. The summed E-state index contributed by atoms with van der Waals surface area (Å²) in [5.41, 5.74) is 0.271. The van der Waals surface area contributed by atoms with Crippen molar-refractivity contribution in [2.75, 3.05) is 29.7 Å². The third-order valence-electron chi connectivity index (χ3n) is 2.80. The zero-order chi connectivity index (χ0) is 14.3. The first kappa shape index (κ1) is 13.6. The van der Waals surface area contributed by atoms with Gasteiger partial charge in [-0.25, -0.2) is 5.84 Å². The molecular weight excluding hydrogens is 263 g/mol. The zero-order valence-corrected chi connectivity index (χ0v) is 10.4. The molecule has 0 spiro atoms. The van der Waals surface area contributed by atoms with Gasteiger partial charge in [0, 0.05) is 14.1 Å². The maximum atomic E-state index is 12.8. The molecule has 1 fully saturated rings. The summed E-state index contributed by atoms with van der Waals surface area (Å²) in [5, 5.41) is 2.33. The lowest BCUT2D eigenvalue weighted by atomic mass is 10.3. The number of hydrazine groups is 1. The second-order valence-electron chi connectivity index (χ2n) is 4.53. The molecule has 1 aromatic rings. The van der Waals surface area contributed by atoms with Crippen molar-refractivity contribution in [3.8, 4) is 0 Å². The highest BCUT2D eigenvalue weighted by atomic mass is 19.4. The van der Waals surface area contributed by atoms with Crippen LogP contribution in [0.4, 0.5) is 31.0 Å². The third kappa shape index (κ3) is 2.62. The maximum absolute atomic E-state index is 12.8. The Labute approximate surface area is 107 Å². The lowest BCUT2D eigenvalue weighted by Gasteiger charge is -2.21. The average Bonchev–Trinajstić information content (AvgIpc) is 3.08. The topological polar surface area (TPSA) is 92.0 Å². The molecule has 0 aliphatic heterocycles. The predicted molar refractivity (Wildman–Crippen MR) is 63.6 cm³/mol. The van der Waals surface area contributed by atoms with Crippen LogP contribution in [0, 0.1) is 0 Å². The largest absolute Gasteiger partial charge is 0.411 e. The van der Waals surface area contributed by atoms with Gasteiger partial charge in [0.25, 0.3) is 0 Å². The molecule has 0 radical (unpaired) electrons. The quantitative estimate of drug-likeness (QED) is 0.552. The van der Waals surface area contributed by atoms with Gasteiger partial charge < -0.3 is 10.2 Å². The number of nitrogen functional groups attached to an aromatic ring is 1. The Balaban J connectivity index is 2.28. The lowest BCUT2D eigenvalue weighted by molar-refractivity contribution is -0.151. The van der Waals surface area contributed by atoms with Crippen LogP contribution >= 0.6 is 0 Å². The van der Waals surface area contributed by atoms with Gasteiger partial charge in [0.1, 0.15) is 5.54 Å². The Kier molecular flexibility index (Phi) is 3.12. The fraction of sp³-hybridized carbons (Fsp3) is 0.667. The summed E-state index contributed by atoms with van der Waals surface area (Å²) >= 11 is 0. The molecule has 19 heavy (non-hydrogen) atoms. The molecule has 0 bridgehead atoms. The molecule has 0 amide bonds. The average molecular weight is 277 g/mol. The number of alkyl halides is 3. The van der Waals surface area contributed by atoms with Crippen LogP contribution in [0.5, 0.6) is 0 Å². The van der Waals surface area contributed by atoms with E-state index in [1.807, 2.05) is 0 Å². The van der Waals surface area contributed by atoms with E-state index in [0.29, 0.717) is 0 Å². The minimum absolute atomic E-state index is 0.000764. The minimum atomic E-state index is -4.34. The van der Waals surface area contributed by atoms with Crippen LogP contribution in [-0.4, -0.2) is 40.8 Å². The van der Waals surface area contributed by atoms with E-state index in [9.17, 15) is 13.2 Å². The van der Waals surface area contributed by atoms with E-state index in [1.165, 1.54) is 0 Å². The molecule has 0 unspecified atom stereocenters. The molecule has 1 heterocycles. The Morgan fingerprint density at radius 2 is 1.74 bits per heavy atom. The van der Waals surface area contributed by atoms with Crippen LogP contribution in [0.15, 0.2) is 0 Å². The SMILES string of the molecule is CN(C)c1nc(NN)nc(NC2(C(F)(F)F)CC2)n1. The van der Waals surface area contributed by atoms with Crippen LogP contribution in [0.1, 0.15) is 12.8 Å². The van der Waals surface area contributed by atoms with Gasteiger partial charge in [-0.1, -0.05) is 0 Å². The van der Waals surface area contributed by atoms with Crippen molar-refractivity contribution in [2.24, 2.45) is 5.84 Å². The molecule has 0 aromatic carbocycles. The summed E-state index contributed by atoms with van der Waals surface area (Å²) in [6.45, 7) is 0. The molecule has 7 nitrogen and oxygen atoms in total. The predicted octanol–water partition coefficient (Wildman–Crippen LogP) is 0.730. The van der Waals surface area contributed by atoms with Gasteiger partial charge in [0.2, 0.25) is 17.8 Å². The van der Waals surface area contributed by atoms with Crippen molar-refractivity contribution < 1.29 is 13.2 Å². The molecule has 0 saturated heterocycles. The number of anilines is 3. The van der Waals surface area contributed by atoms with Gasteiger partial charge in [-0.15, -0.1) is 0 Å². The van der Waals surface area contributed by atoms with Crippen molar-refractivity contribution in [1.29, 1.82) is 0 Å². The summed E-state index contributed by atoms with van der Waals surface area (Å²) in [4.78, 5) is 13.1. The van der Waals surface area contributed by atoms with Gasteiger partial charge >= 0.3 is 6.18 Å². The van der Waals surface area contributed by atoms with Gasteiger partial charge in [0.15, 0.2) is 0 Å². The number of rotatable bonds is 4. The molecule has 106 valence electrons. The van der Waals surface area contributed by atoms with Gasteiger partial charge in [-0.2, -0.15) is 28.1 Å². The highest BCUT2D eigenvalue weighted by Gasteiger charge is 2.64. The molecule has 1 saturated carbocycles. The zero-order valence-electron chi connectivity index (χ0n) is 10.4. The molecule has 0 atom stereocenters. The van der Waals surface area contributed by atoms with Crippen molar-refractivity contribution >= 4 is 17.8 Å². The Bertz CT molecular complexity index is 469. The van der Waals surface area contributed by atoms with Crippen molar-refractivity contribution in [1.82, 2.24) is 15.0 Å². The first-order valence-electron chi connectivity index (χ1n) is 5.52. The molecule has 1 aliphatic rings. The van der Waals surface area contributed by atoms with E-state index in [2.05, 4.69) is 25.7 Å². The maximum Gasteiger partial charge on any atom is 0.411 e. The highest BCUT2D eigenvalue weighted by molar-refractivity contribution is 5.45. The molecule has 2 rings (SSSR count). The first-order chi connectivity index (χ1) is 8.77. The van der Waals surface area contributed by atoms with E-state index in [0.717, 1.165) is 0 Å². The monoisotopic (exact) mass is 277 g/mol. The number of hydrogen-bond donors (Lipinski definition) is 3. The van der Waals surface area contributed by atoms with Crippen LogP contribution < -0.4 is 21.5 Å². The smallest absolute Gasteiger partial charge is 0.347 e. The summed E-state index contributed by atoms with van der Waals surface area (Å²) in [6, 6.07) is 0. The number of halogens is 3. The standard InChI is InChI=1S/C9H14F3N7/c1-19(2)7-15-5(14-6(16-7)18-13)17-8(3-4-8)9(10,11)12/h3-4,13H2,1-2H3,(H2,14,15,16,17,18). The molecular formula is C9H14F3N7. The number of aromatic nitrogens is 3. The number of nitrogens with one attached hydrogen (secondary N) is 2. The number of nitrogens with zero attached hydrogens (tertiary/aromatic N) is 4. The van der Waals surface area contributed by atoms with E-state index in [-0.39, 0.29) is 30.7 Å². The van der Waals surface area contributed by atoms with Gasteiger partial charge in [0.05, 0.1) is 0 Å². The summed E-state index contributed by atoms with van der Waals surface area (Å²) in [7, 11) is 3.33. The van der Waals surface area contributed by atoms with Crippen LogP contribution in [-0.2, 0) is 0 Å². The van der Waals surface area contributed by atoms with E-state index >= 15 is 0 Å². The summed E-state index contributed by atoms with van der Waals surface area (Å²) in [6.07, 6.45) is -4.33. The second kappa shape index (κ2) is 4.37. The van der Waals surface area contributed by atoms with E-state index in [1.54, 1.807) is 19.0 Å². The van der Waals surface area contributed by atoms with E-state index in [4.69, 9.17) is 5.84 Å². The molecule has 1 aliphatic carbocycles. The Hall–Kier alpha value is -1.84. The summed E-state index contributed by atoms with van der Waals surface area (Å²) < 4.78 is 38.5. The molecule has 4 N–H and O–H groups in total. The Morgan fingerprint density at radius 3 is 2.16 bits per heavy atom. The van der Waals surface area contributed by atoms with Crippen molar-refractivity contribution in [2.45, 2.75) is 24.6 Å². The normalized spacial score (nSPS) is 16.9. The number of nitrogens with two attached hydrogens (primary N) is 1. The lowest BCUT2D eigenvalue weighted by Crippen LogP contribution is -2.39. The van der Waals surface area contributed by atoms with Crippen LogP contribution in [0.3, 0.4) is 0 Å². The van der Waals surface area contributed by atoms with E-state index < -0.39 is 11.7 Å². The van der Waals surface area contributed by atoms with Gasteiger partial charge in [-0.05, 0) is 12.8 Å². The van der Waals surface area contributed by atoms with Crippen LogP contribution in [0.2, 0.25) is 0 Å². The van der Waals surface area contributed by atoms with Crippen molar-refractivity contribution in [3.05, 3.63) is 0 Å². The fourth-order valence-corrected chi connectivity index (χ4v) is 1.50. The molecule has 1 aromatic heterocycles. The Morgan fingerprint density at radius 1 is 1.16 bits per heavy atom. The summed E-state index contributed by atoms with van der Waals surface area (Å²) in [5.74, 6) is 5.24.